The molecule has 1 amide bonds. The van der Waals surface area contributed by atoms with Gasteiger partial charge in [0.05, 0.1) is 18.6 Å². The molecule has 0 fully saturated rings. The molecule has 0 saturated heterocycles. The molecular weight excluding hydrogens is 332 g/mol. The van der Waals surface area contributed by atoms with E-state index in [2.05, 4.69) is 22.4 Å². The third-order valence-corrected chi connectivity index (χ3v) is 4.86. The molecule has 0 bridgehead atoms. The summed E-state index contributed by atoms with van der Waals surface area (Å²) in [5.74, 6) is 1.94. The van der Waals surface area contributed by atoms with Gasteiger partial charge in [-0.15, -0.1) is 11.8 Å². The van der Waals surface area contributed by atoms with Gasteiger partial charge in [0.25, 0.3) is 0 Å². The third-order valence-electron chi connectivity index (χ3n) is 3.89. The average Bonchev–Trinajstić information content (AvgIpc) is 2.66. The Morgan fingerprint density at radius 2 is 1.96 bits per heavy atom. The van der Waals surface area contributed by atoms with E-state index in [-0.39, 0.29) is 5.91 Å². The molecule has 0 radical (unpaired) electrons. The Kier molecular flexibility index (Phi) is 5.90. The average molecular weight is 352 g/mol. The van der Waals surface area contributed by atoms with Crippen molar-refractivity contribution in [2.75, 3.05) is 12.9 Å². The molecule has 1 aromatic heterocycles. The van der Waals surface area contributed by atoms with E-state index in [1.807, 2.05) is 42.5 Å². The van der Waals surface area contributed by atoms with Crippen LogP contribution in [0.5, 0.6) is 5.75 Å². The fraction of sp³-hybridized carbons (Fsp3) is 0.200. The molecule has 1 heterocycles. The van der Waals surface area contributed by atoms with E-state index in [0.29, 0.717) is 12.3 Å². The highest BCUT2D eigenvalue weighted by atomic mass is 32.2. The van der Waals surface area contributed by atoms with Crippen molar-refractivity contribution in [3.05, 3.63) is 72.1 Å². The molecule has 1 N–H and O–H groups in total. The zero-order chi connectivity index (χ0) is 17.5. The van der Waals surface area contributed by atoms with Crippen molar-refractivity contribution < 1.29 is 9.53 Å². The fourth-order valence-electron chi connectivity index (χ4n) is 2.66. The first kappa shape index (κ1) is 17.3. The van der Waals surface area contributed by atoms with E-state index in [1.54, 1.807) is 25.1 Å². The van der Waals surface area contributed by atoms with Gasteiger partial charge in [0.2, 0.25) is 5.91 Å². The van der Waals surface area contributed by atoms with Crippen LogP contribution in [0.2, 0.25) is 0 Å². The van der Waals surface area contributed by atoms with Crippen molar-refractivity contribution >= 4 is 28.4 Å². The van der Waals surface area contributed by atoms with Crippen molar-refractivity contribution in [1.82, 2.24) is 10.3 Å². The lowest BCUT2D eigenvalue weighted by molar-refractivity contribution is -0.118. The maximum absolute atomic E-state index is 12.1. The minimum atomic E-state index is 0.0101. The Bertz CT molecular complexity index is 853. The van der Waals surface area contributed by atoms with Crippen LogP contribution in [0.25, 0.3) is 10.8 Å². The van der Waals surface area contributed by atoms with Crippen molar-refractivity contribution in [3.63, 3.8) is 0 Å². The molecule has 25 heavy (non-hydrogen) atoms. The predicted octanol–water partition coefficient (Wildman–Crippen LogP) is 3.79. The van der Waals surface area contributed by atoms with Gasteiger partial charge in [-0.25, -0.2) is 0 Å². The van der Waals surface area contributed by atoms with Crippen LogP contribution in [0.3, 0.4) is 0 Å². The maximum Gasteiger partial charge on any atom is 0.230 e. The van der Waals surface area contributed by atoms with Crippen molar-refractivity contribution in [1.29, 1.82) is 0 Å². The van der Waals surface area contributed by atoms with Crippen molar-refractivity contribution in [2.45, 2.75) is 12.3 Å². The number of fused-ring (bicyclic) bond motifs is 1. The summed E-state index contributed by atoms with van der Waals surface area (Å²) in [6.45, 7) is 0.452. The number of aromatic nitrogens is 1. The summed E-state index contributed by atoms with van der Waals surface area (Å²) in [5.41, 5.74) is 1.99. The van der Waals surface area contributed by atoms with Crippen LogP contribution in [-0.4, -0.2) is 23.8 Å². The van der Waals surface area contributed by atoms with Crippen LogP contribution in [0, 0.1) is 0 Å². The Morgan fingerprint density at radius 3 is 2.76 bits per heavy atom. The molecule has 0 saturated carbocycles. The summed E-state index contributed by atoms with van der Waals surface area (Å²) in [4.78, 5) is 16.4. The lowest BCUT2D eigenvalue weighted by Crippen LogP contribution is -2.25. The van der Waals surface area contributed by atoms with Gasteiger partial charge in [-0.1, -0.05) is 36.4 Å². The van der Waals surface area contributed by atoms with Gasteiger partial charge in [0.15, 0.2) is 0 Å². The smallest absolute Gasteiger partial charge is 0.230 e. The van der Waals surface area contributed by atoms with Crippen LogP contribution >= 0.6 is 11.8 Å². The van der Waals surface area contributed by atoms with Crippen LogP contribution in [0.4, 0.5) is 0 Å². The second-order valence-corrected chi connectivity index (χ2v) is 6.54. The highest BCUT2D eigenvalue weighted by molar-refractivity contribution is 7.99. The number of hydrogen-bond donors (Lipinski definition) is 1. The minimum Gasteiger partial charge on any atom is -0.496 e. The molecule has 0 atom stereocenters. The van der Waals surface area contributed by atoms with Crippen molar-refractivity contribution in [2.24, 2.45) is 0 Å². The largest absolute Gasteiger partial charge is 0.496 e. The molecule has 128 valence electrons. The van der Waals surface area contributed by atoms with E-state index in [9.17, 15) is 4.79 Å². The number of carbonyl (C=O) groups excluding carboxylic acids is 1. The number of thioether (sulfide) groups is 1. The van der Waals surface area contributed by atoms with Crippen LogP contribution in [0.1, 0.15) is 11.3 Å². The van der Waals surface area contributed by atoms with Gasteiger partial charge in [-0.3, -0.25) is 9.78 Å². The molecule has 0 unspecified atom stereocenters. The molecule has 4 nitrogen and oxygen atoms in total. The number of ether oxygens (including phenoxy) is 1. The molecule has 0 aliphatic rings. The molecule has 0 spiro atoms. The van der Waals surface area contributed by atoms with E-state index >= 15 is 0 Å². The predicted molar refractivity (Wildman–Crippen MR) is 103 cm³/mol. The van der Waals surface area contributed by atoms with E-state index in [4.69, 9.17) is 4.74 Å². The summed E-state index contributed by atoms with van der Waals surface area (Å²) in [6, 6.07) is 17.9. The number of nitrogens with one attached hydrogen (secondary N) is 1. The molecular formula is C20H20N2O2S. The van der Waals surface area contributed by atoms with Gasteiger partial charge in [-0.2, -0.15) is 0 Å². The normalized spacial score (nSPS) is 10.6. The first-order chi connectivity index (χ1) is 12.3. The molecule has 0 aliphatic heterocycles. The summed E-state index contributed by atoms with van der Waals surface area (Å²) in [6.07, 6.45) is 1.77. The standard InChI is InChI=1S/C20H20N2O2S/c1-24-19-10-9-15-6-2-3-8-17(15)18(19)12-22-20(23)14-25-13-16-7-4-5-11-21-16/h2-11H,12-14H2,1H3,(H,22,23). The first-order valence-corrected chi connectivity index (χ1v) is 9.22. The second-order valence-electron chi connectivity index (χ2n) is 5.56. The lowest BCUT2D eigenvalue weighted by atomic mass is 10.0. The number of rotatable bonds is 7. The zero-order valence-corrected chi connectivity index (χ0v) is 14.9. The van der Waals surface area contributed by atoms with Gasteiger partial charge >= 0.3 is 0 Å². The number of carbonyl (C=O) groups is 1. The van der Waals surface area contributed by atoms with Gasteiger partial charge in [0.1, 0.15) is 5.75 Å². The Hall–Kier alpha value is -2.53. The molecule has 2 aromatic carbocycles. The van der Waals surface area contributed by atoms with E-state index in [1.165, 1.54) is 0 Å². The lowest BCUT2D eigenvalue weighted by Gasteiger charge is -2.13. The fourth-order valence-corrected chi connectivity index (χ4v) is 3.43. The zero-order valence-electron chi connectivity index (χ0n) is 14.1. The highest BCUT2D eigenvalue weighted by Crippen LogP contribution is 2.27. The Morgan fingerprint density at radius 1 is 1.12 bits per heavy atom. The SMILES string of the molecule is COc1ccc2ccccc2c1CNC(=O)CSCc1ccccn1. The highest BCUT2D eigenvalue weighted by Gasteiger charge is 2.10. The number of methoxy groups -OCH3 is 1. The molecule has 0 aliphatic carbocycles. The Balaban J connectivity index is 1.59. The van der Waals surface area contributed by atoms with Crippen LogP contribution in [0.15, 0.2) is 60.8 Å². The number of nitrogens with zero attached hydrogens (tertiary/aromatic N) is 1. The topological polar surface area (TPSA) is 51.2 Å². The monoisotopic (exact) mass is 352 g/mol. The van der Waals surface area contributed by atoms with Crippen LogP contribution in [-0.2, 0) is 17.1 Å². The summed E-state index contributed by atoms with van der Waals surface area (Å²) < 4.78 is 5.46. The number of benzene rings is 2. The van der Waals surface area contributed by atoms with Crippen LogP contribution < -0.4 is 10.1 Å². The maximum atomic E-state index is 12.1. The van der Waals surface area contributed by atoms with E-state index < -0.39 is 0 Å². The number of amides is 1. The van der Waals surface area contributed by atoms with Gasteiger partial charge < -0.3 is 10.1 Å². The summed E-state index contributed by atoms with van der Waals surface area (Å²) in [7, 11) is 1.65. The Labute approximate surface area is 151 Å². The van der Waals surface area contributed by atoms with Gasteiger partial charge in [0, 0.05) is 24.1 Å². The molecule has 5 heteroatoms. The van der Waals surface area contributed by atoms with E-state index in [0.717, 1.165) is 33.5 Å². The summed E-state index contributed by atoms with van der Waals surface area (Å²) in [5, 5.41) is 5.23. The molecule has 3 aromatic rings. The number of hydrogen-bond acceptors (Lipinski definition) is 4. The third kappa shape index (κ3) is 4.51. The first-order valence-electron chi connectivity index (χ1n) is 8.07. The number of pyridine rings is 1. The van der Waals surface area contributed by atoms with Gasteiger partial charge in [-0.05, 0) is 29.0 Å². The summed E-state index contributed by atoms with van der Waals surface area (Å²) >= 11 is 1.56. The second kappa shape index (κ2) is 8.53. The minimum absolute atomic E-state index is 0.0101. The molecule has 3 rings (SSSR count). The van der Waals surface area contributed by atoms with Crippen molar-refractivity contribution in [3.8, 4) is 5.75 Å². The quantitative estimate of drug-likeness (QED) is 0.703.